The highest BCUT2D eigenvalue weighted by Gasteiger charge is 2.40. The third-order valence-corrected chi connectivity index (χ3v) is 6.14. The molecule has 0 radical (unpaired) electrons. The van der Waals surface area contributed by atoms with Crippen LogP contribution in [0.3, 0.4) is 0 Å². The van der Waals surface area contributed by atoms with Crippen LogP contribution in [0.2, 0.25) is 0 Å². The summed E-state index contributed by atoms with van der Waals surface area (Å²) in [5.41, 5.74) is 8.03. The highest BCUT2D eigenvalue weighted by Crippen LogP contribution is 2.36. The first-order valence-electron chi connectivity index (χ1n) is 11.0. The summed E-state index contributed by atoms with van der Waals surface area (Å²) in [5, 5.41) is 3.25. The Hall–Kier alpha value is -3.86. The number of amides is 2. The number of hydrogen-bond acceptors (Lipinski definition) is 4. The second-order valence-corrected chi connectivity index (χ2v) is 8.85. The summed E-state index contributed by atoms with van der Waals surface area (Å²) in [6.07, 6.45) is 0. The van der Waals surface area contributed by atoms with Crippen molar-refractivity contribution in [2.45, 2.75) is 27.7 Å². The van der Waals surface area contributed by atoms with Crippen LogP contribution in [-0.4, -0.2) is 25.9 Å². The maximum atomic E-state index is 13.7. The second-order valence-electron chi connectivity index (χ2n) is 8.85. The molecule has 4 rings (SSSR count). The number of nitrogens with one attached hydrogen (secondary N) is 1. The van der Waals surface area contributed by atoms with Crippen LogP contribution >= 0.6 is 0 Å². The zero-order valence-corrected chi connectivity index (χ0v) is 20.0. The van der Waals surface area contributed by atoms with Crippen molar-refractivity contribution in [3.8, 4) is 0 Å². The van der Waals surface area contributed by atoms with E-state index in [-0.39, 0.29) is 11.8 Å². The SMILES string of the molecule is Cc1ccc(C2=C(Nc3ccc(N(C)C)cc3)C(=O)N(c3ccc(C)c(C)c3)C2=O)c(C)c1. The van der Waals surface area contributed by atoms with Crippen LogP contribution in [0.5, 0.6) is 0 Å². The van der Waals surface area contributed by atoms with E-state index < -0.39 is 0 Å². The van der Waals surface area contributed by atoms with Gasteiger partial charge in [-0.05, 0) is 86.3 Å². The molecule has 0 fully saturated rings. The molecule has 3 aromatic carbocycles. The molecule has 0 aliphatic carbocycles. The minimum absolute atomic E-state index is 0.294. The van der Waals surface area contributed by atoms with Gasteiger partial charge in [0.1, 0.15) is 5.70 Å². The molecule has 0 saturated carbocycles. The van der Waals surface area contributed by atoms with E-state index in [0.717, 1.165) is 39.2 Å². The molecule has 0 saturated heterocycles. The Bertz CT molecular complexity index is 1290. The molecular weight excluding hydrogens is 410 g/mol. The average Bonchev–Trinajstić information content (AvgIpc) is 3.00. The van der Waals surface area contributed by atoms with Crippen LogP contribution in [0.15, 0.2) is 66.4 Å². The van der Waals surface area contributed by atoms with E-state index in [9.17, 15) is 9.59 Å². The van der Waals surface area contributed by atoms with Gasteiger partial charge in [0.25, 0.3) is 11.8 Å². The minimum Gasteiger partial charge on any atom is -0.378 e. The second kappa shape index (κ2) is 8.58. The maximum absolute atomic E-state index is 13.7. The molecule has 0 unspecified atom stereocenters. The number of aryl methyl sites for hydroxylation is 4. The average molecular weight is 440 g/mol. The van der Waals surface area contributed by atoms with Gasteiger partial charge in [-0.3, -0.25) is 9.59 Å². The highest BCUT2D eigenvalue weighted by molar-refractivity contribution is 6.46. The predicted octanol–water partition coefficient (Wildman–Crippen LogP) is 5.38. The molecule has 0 spiro atoms. The van der Waals surface area contributed by atoms with Crippen molar-refractivity contribution in [2.24, 2.45) is 0 Å². The summed E-state index contributed by atoms with van der Waals surface area (Å²) in [6.45, 7) is 7.97. The van der Waals surface area contributed by atoms with Crippen molar-refractivity contribution >= 4 is 34.4 Å². The van der Waals surface area contributed by atoms with E-state index >= 15 is 0 Å². The summed E-state index contributed by atoms with van der Waals surface area (Å²) >= 11 is 0. The van der Waals surface area contributed by atoms with Gasteiger partial charge in [0.15, 0.2) is 0 Å². The van der Waals surface area contributed by atoms with Gasteiger partial charge >= 0.3 is 0 Å². The first-order valence-corrected chi connectivity index (χ1v) is 11.0. The Balaban J connectivity index is 1.82. The third-order valence-electron chi connectivity index (χ3n) is 6.14. The van der Waals surface area contributed by atoms with Crippen molar-refractivity contribution in [3.05, 3.63) is 94.2 Å². The normalized spacial score (nSPS) is 13.7. The molecule has 33 heavy (non-hydrogen) atoms. The van der Waals surface area contributed by atoms with Gasteiger partial charge in [0.2, 0.25) is 0 Å². The molecule has 1 N–H and O–H groups in total. The van der Waals surface area contributed by atoms with E-state index in [1.165, 1.54) is 4.90 Å². The van der Waals surface area contributed by atoms with Gasteiger partial charge in [-0.15, -0.1) is 0 Å². The Morgan fingerprint density at radius 3 is 2.03 bits per heavy atom. The Morgan fingerprint density at radius 1 is 0.727 bits per heavy atom. The van der Waals surface area contributed by atoms with Crippen LogP contribution < -0.4 is 15.1 Å². The predicted molar refractivity (Wildman–Crippen MR) is 136 cm³/mol. The number of hydrogen-bond donors (Lipinski definition) is 1. The molecule has 3 aromatic rings. The van der Waals surface area contributed by atoms with E-state index in [1.54, 1.807) is 0 Å². The standard InChI is InChI=1S/C28H29N3O2/c1-17-7-14-24(20(4)15-17)25-26(29-21-9-12-22(13-10-21)30(5)6)28(33)31(27(25)32)23-11-8-18(2)19(3)16-23/h7-16,29H,1-6H3. The molecule has 1 aliphatic rings. The molecule has 1 aliphatic heterocycles. The van der Waals surface area contributed by atoms with Crippen LogP contribution in [0.25, 0.3) is 5.57 Å². The lowest BCUT2D eigenvalue weighted by atomic mass is 9.97. The molecule has 0 bridgehead atoms. The highest BCUT2D eigenvalue weighted by atomic mass is 16.2. The van der Waals surface area contributed by atoms with Gasteiger partial charge in [-0.1, -0.05) is 29.8 Å². The topological polar surface area (TPSA) is 52.7 Å². The Kier molecular flexibility index (Phi) is 5.81. The minimum atomic E-state index is -0.352. The quantitative estimate of drug-likeness (QED) is 0.542. The van der Waals surface area contributed by atoms with Gasteiger partial charge in [-0.25, -0.2) is 4.90 Å². The van der Waals surface area contributed by atoms with Crippen molar-refractivity contribution in [1.29, 1.82) is 0 Å². The first kappa shape index (κ1) is 22.3. The number of rotatable bonds is 5. The van der Waals surface area contributed by atoms with Gasteiger partial charge in [-0.2, -0.15) is 0 Å². The Labute approximate surface area is 195 Å². The molecule has 2 amide bonds. The van der Waals surface area contributed by atoms with Crippen LogP contribution in [0.4, 0.5) is 17.1 Å². The summed E-state index contributed by atoms with van der Waals surface area (Å²) < 4.78 is 0. The van der Waals surface area contributed by atoms with E-state index in [1.807, 2.05) is 107 Å². The summed E-state index contributed by atoms with van der Waals surface area (Å²) in [6, 6.07) is 19.4. The van der Waals surface area contributed by atoms with Crippen LogP contribution in [0.1, 0.15) is 27.8 Å². The number of benzene rings is 3. The number of imide groups is 1. The van der Waals surface area contributed by atoms with Gasteiger partial charge in [0.05, 0.1) is 11.3 Å². The number of carbonyl (C=O) groups is 2. The zero-order valence-electron chi connectivity index (χ0n) is 20.0. The van der Waals surface area contributed by atoms with Crippen molar-refractivity contribution < 1.29 is 9.59 Å². The van der Waals surface area contributed by atoms with Crippen molar-refractivity contribution in [3.63, 3.8) is 0 Å². The monoisotopic (exact) mass is 439 g/mol. The first-order chi connectivity index (χ1) is 15.7. The lowest BCUT2D eigenvalue weighted by Crippen LogP contribution is -2.32. The van der Waals surface area contributed by atoms with E-state index in [2.05, 4.69) is 5.32 Å². The van der Waals surface area contributed by atoms with E-state index in [4.69, 9.17) is 0 Å². The van der Waals surface area contributed by atoms with Crippen LogP contribution in [0, 0.1) is 27.7 Å². The molecular formula is C28H29N3O2. The largest absolute Gasteiger partial charge is 0.378 e. The van der Waals surface area contributed by atoms with Crippen molar-refractivity contribution in [2.75, 3.05) is 29.2 Å². The molecule has 168 valence electrons. The lowest BCUT2D eigenvalue weighted by Gasteiger charge is -2.17. The van der Waals surface area contributed by atoms with Gasteiger partial charge in [0, 0.05) is 25.5 Å². The summed E-state index contributed by atoms with van der Waals surface area (Å²) in [5.74, 6) is -0.669. The zero-order chi connectivity index (χ0) is 23.9. The van der Waals surface area contributed by atoms with Gasteiger partial charge < -0.3 is 10.2 Å². The van der Waals surface area contributed by atoms with Crippen molar-refractivity contribution in [1.82, 2.24) is 0 Å². The fraction of sp³-hybridized carbons (Fsp3) is 0.214. The molecule has 0 atom stereocenters. The summed E-state index contributed by atoms with van der Waals surface area (Å²) in [7, 11) is 3.95. The molecule has 0 aromatic heterocycles. The number of anilines is 3. The molecule has 5 nitrogen and oxygen atoms in total. The summed E-state index contributed by atoms with van der Waals surface area (Å²) in [4.78, 5) is 30.6. The number of carbonyl (C=O) groups excluding carboxylic acids is 2. The molecule has 1 heterocycles. The maximum Gasteiger partial charge on any atom is 0.282 e. The smallest absolute Gasteiger partial charge is 0.282 e. The lowest BCUT2D eigenvalue weighted by molar-refractivity contribution is -0.120. The fourth-order valence-corrected chi connectivity index (χ4v) is 4.08. The molecule has 5 heteroatoms. The fourth-order valence-electron chi connectivity index (χ4n) is 4.08. The Morgan fingerprint density at radius 2 is 1.42 bits per heavy atom. The van der Waals surface area contributed by atoms with Crippen LogP contribution in [-0.2, 0) is 9.59 Å². The number of nitrogens with zero attached hydrogens (tertiary/aromatic N) is 2. The third kappa shape index (κ3) is 4.14. The van der Waals surface area contributed by atoms with E-state index in [0.29, 0.717) is 17.0 Å².